The Bertz CT molecular complexity index is 105. The van der Waals surface area contributed by atoms with Crippen molar-refractivity contribution in [3.05, 3.63) is 12.4 Å². The molecule has 0 amide bonds. The minimum Gasteiger partial charge on any atom is -0.382 e. The van der Waals surface area contributed by atoms with E-state index in [4.69, 9.17) is 0 Å². The zero-order valence-corrected chi connectivity index (χ0v) is 6.26. The number of aliphatic imine (C=N–C) groups is 1. The molecular formula is C7H14N2. The van der Waals surface area contributed by atoms with Crippen molar-refractivity contribution < 1.29 is 0 Å². The fourth-order valence-corrected chi connectivity index (χ4v) is 0.460. The summed E-state index contributed by atoms with van der Waals surface area (Å²) >= 11 is 0. The van der Waals surface area contributed by atoms with Crippen molar-refractivity contribution in [2.45, 2.75) is 26.8 Å². The summed E-state index contributed by atoms with van der Waals surface area (Å²) in [6.07, 6.45) is 5.44. The van der Waals surface area contributed by atoms with Crippen molar-refractivity contribution in [3.63, 3.8) is 0 Å². The van der Waals surface area contributed by atoms with Crippen LogP contribution in [0.3, 0.4) is 0 Å². The maximum absolute atomic E-state index is 3.89. The highest BCUT2D eigenvalue weighted by Gasteiger charge is 1.91. The monoisotopic (exact) mass is 126 g/mol. The van der Waals surface area contributed by atoms with Gasteiger partial charge in [0.05, 0.1) is 6.04 Å². The summed E-state index contributed by atoms with van der Waals surface area (Å²) in [5.41, 5.74) is 0. The molecule has 1 atom stereocenters. The zero-order valence-electron chi connectivity index (χ0n) is 6.26. The average molecular weight is 126 g/mol. The first-order valence-electron chi connectivity index (χ1n) is 3.34. The molecule has 1 aliphatic heterocycles. The van der Waals surface area contributed by atoms with Crippen molar-refractivity contribution in [2.75, 3.05) is 0 Å². The lowest BCUT2D eigenvalue weighted by Crippen LogP contribution is -2.23. The van der Waals surface area contributed by atoms with E-state index in [1.165, 1.54) is 0 Å². The van der Waals surface area contributed by atoms with Gasteiger partial charge in [0.15, 0.2) is 0 Å². The molecule has 0 fully saturated rings. The molecule has 0 saturated carbocycles. The van der Waals surface area contributed by atoms with Crippen LogP contribution in [0, 0.1) is 0 Å². The van der Waals surface area contributed by atoms with E-state index in [9.17, 15) is 0 Å². The van der Waals surface area contributed by atoms with Crippen molar-refractivity contribution in [1.82, 2.24) is 5.32 Å². The van der Waals surface area contributed by atoms with Gasteiger partial charge in [-0.05, 0) is 6.92 Å². The molecule has 0 aromatic heterocycles. The van der Waals surface area contributed by atoms with Crippen LogP contribution in [0.1, 0.15) is 20.8 Å². The largest absolute Gasteiger partial charge is 0.382 e. The average Bonchev–Trinajstić information content (AvgIpc) is 1.94. The highest BCUT2D eigenvalue weighted by Crippen LogP contribution is 1.83. The van der Waals surface area contributed by atoms with Crippen LogP contribution in [0.5, 0.6) is 0 Å². The summed E-state index contributed by atoms with van der Waals surface area (Å²) in [5.74, 6) is 0. The molecule has 2 heteroatoms. The predicted octanol–water partition coefficient (Wildman–Crippen LogP) is 1.55. The Hall–Kier alpha value is -0.790. The smallest absolute Gasteiger partial charge is 0.0582 e. The quantitative estimate of drug-likeness (QED) is 0.523. The van der Waals surface area contributed by atoms with Gasteiger partial charge in [-0.1, -0.05) is 13.8 Å². The van der Waals surface area contributed by atoms with Gasteiger partial charge in [0, 0.05) is 18.6 Å². The third-order valence-corrected chi connectivity index (χ3v) is 0.829. The molecule has 52 valence electrons. The first kappa shape index (κ1) is 8.21. The predicted molar refractivity (Wildman–Crippen MR) is 41.6 cm³/mol. The molecular weight excluding hydrogens is 112 g/mol. The van der Waals surface area contributed by atoms with E-state index in [-0.39, 0.29) is 0 Å². The van der Waals surface area contributed by atoms with Gasteiger partial charge >= 0.3 is 0 Å². The summed E-state index contributed by atoms with van der Waals surface area (Å²) in [5, 5.41) is 3.05. The lowest BCUT2D eigenvalue weighted by molar-refractivity contribution is 0.806. The van der Waals surface area contributed by atoms with Crippen molar-refractivity contribution in [2.24, 2.45) is 4.99 Å². The lowest BCUT2D eigenvalue weighted by Gasteiger charge is -2.06. The molecule has 1 N–H and O–H groups in total. The highest BCUT2D eigenvalue weighted by molar-refractivity contribution is 5.65. The van der Waals surface area contributed by atoms with Gasteiger partial charge in [0.1, 0.15) is 0 Å². The van der Waals surface area contributed by atoms with Gasteiger partial charge < -0.3 is 5.32 Å². The zero-order chi connectivity index (χ0) is 7.11. The van der Waals surface area contributed by atoms with E-state index in [2.05, 4.69) is 10.3 Å². The number of hydrogen-bond donors (Lipinski definition) is 1. The Balaban J connectivity index is 0.000000291. The second-order valence-corrected chi connectivity index (χ2v) is 1.57. The molecule has 0 aromatic rings. The Kier molecular flexibility index (Phi) is 4.88. The van der Waals surface area contributed by atoms with Crippen LogP contribution >= 0.6 is 0 Å². The fraction of sp³-hybridized carbons (Fsp3) is 0.571. The van der Waals surface area contributed by atoms with Crippen LogP contribution in [-0.2, 0) is 0 Å². The Morgan fingerprint density at radius 1 is 1.44 bits per heavy atom. The van der Waals surface area contributed by atoms with Crippen LogP contribution in [-0.4, -0.2) is 12.3 Å². The van der Waals surface area contributed by atoms with Crippen LogP contribution in [0.2, 0.25) is 0 Å². The normalized spacial score (nSPS) is 21.9. The summed E-state index contributed by atoms with van der Waals surface area (Å²) in [6.45, 7) is 6.05. The van der Waals surface area contributed by atoms with Crippen molar-refractivity contribution >= 4 is 6.21 Å². The number of hydrogen-bond acceptors (Lipinski definition) is 2. The summed E-state index contributed by atoms with van der Waals surface area (Å²) in [6, 6.07) is 0.407. The van der Waals surface area contributed by atoms with Gasteiger partial charge in [-0.15, -0.1) is 0 Å². The minimum atomic E-state index is 0.407. The Morgan fingerprint density at radius 2 is 2.11 bits per heavy atom. The second-order valence-electron chi connectivity index (χ2n) is 1.57. The molecule has 1 rings (SSSR count). The number of rotatable bonds is 0. The molecule has 1 aliphatic rings. The minimum absolute atomic E-state index is 0.407. The van der Waals surface area contributed by atoms with Crippen LogP contribution in [0.4, 0.5) is 0 Å². The lowest BCUT2D eigenvalue weighted by atomic mass is 10.4. The van der Waals surface area contributed by atoms with Crippen molar-refractivity contribution in [3.8, 4) is 0 Å². The van der Waals surface area contributed by atoms with Gasteiger partial charge in [0.2, 0.25) is 0 Å². The van der Waals surface area contributed by atoms with E-state index < -0.39 is 0 Å². The van der Waals surface area contributed by atoms with Crippen molar-refractivity contribution in [1.29, 1.82) is 0 Å². The third kappa shape index (κ3) is 3.76. The summed E-state index contributed by atoms with van der Waals surface area (Å²) in [4.78, 5) is 3.89. The Morgan fingerprint density at radius 3 is 2.33 bits per heavy atom. The highest BCUT2D eigenvalue weighted by atomic mass is 14.9. The second kappa shape index (κ2) is 5.35. The van der Waals surface area contributed by atoms with Gasteiger partial charge in [-0.3, -0.25) is 4.99 Å². The van der Waals surface area contributed by atoms with E-state index >= 15 is 0 Å². The SMILES string of the molecule is CC.CC1C=NC=CN1. The molecule has 0 saturated heterocycles. The number of nitrogens with zero attached hydrogens (tertiary/aromatic N) is 1. The molecule has 0 spiro atoms. The first-order valence-corrected chi connectivity index (χ1v) is 3.34. The molecule has 1 unspecified atom stereocenters. The maximum atomic E-state index is 3.89. The fourth-order valence-electron chi connectivity index (χ4n) is 0.460. The van der Waals surface area contributed by atoms with E-state index in [0.717, 1.165) is 0 Å². The molecule has 0 aliphatic carbocycles. The molecule has 1 heterocycles. The molecule has 2 nitrogen and oxygen atoms in total. The van der Waals surface area contributed by atoms with Gasteiger partial charge in [-0.2, -0.15) is 0 Å². The standard InChI is InChI=1S/C5H8N2.C2H6/c1-5-4-6-2-3-7-5;1-2/h2-5,7H,1H3;1-2H3. The van der Waals surface area contributed by atoms with Gasteiger partial charge in [0.25, 0.3) is 0 Å². The molecule has 0 radical (unpaired) electrons. The topological polar surface area (TPSA) is 24.4 Å². The Labute approximate surface area is 56.7 Å². The summed E-state index contributed by atoms with van der Waals surface area (Å²) < 4.78 is 0. The third-order valence-electron chi connectivity index (χ3n) is 0.829. The molecule has 0 aromatic carbocycles. The van der Waals surface area contributed by atoms with Crippen LogP contribution in [0.25, 0.3) is 0 Å². The first-order chi connectivity index (χ1) is 4.39. The van der Waals surface area contributed by atoms with Gasteiger partial charge in [-0.25, -0.2) is 0 Å². The molecule has 0 bridgehead atoms. The van der Waals surface area contributed by atoms with Crippen LogP contribution < -0.4 is 5.32 Å². The van der Waals surface area contributed by atoms with E-state index in [1.807, 2.05) is 33.2 Å². The molecule has 9 heavy (non-hydrogen) atoms. The number of nitrogens with one attached hydrogen (secondary N) is 1. The van der Waals surface area contributed by atoms with E-state index in [0.29, 0.717) is 6.04 Å². The van der Waals surface area contributed by atoms with Crippen LogP contribution in [0.15, 0.2) is 17.4 Å². The van der Waals surface area contributed by atoms with E-state index in [1.54, 1.807) is 6.20 Å². The maximum Gasteiger partial charge on any atom is 0.0582 e. The summed E-state index contributed by atoms with van der Waals surface area (Å²) in [7, 11) is 0.